The Morgan fingerprint density at radius 3 is 2.93 bits per heavy atom. The number of furan rings is 1. The van der Waals surface area contributed by atoms with Crippen LogP contribution >= 0.6 is 36.2 Å². The van der Waals surface area contributed by atoms with E-state index < -0.39 is 0 Å². The Hall–Kier alpha value is -1.61. The molecule has 0 spiro atoms. The molecule has 4 rings (SSSR count). The number of nitrogens with zero attached hydrogens (tertiary/aromatic N) is 3. The number of nitrogens with one attached hydrogen (secondary N) is 1. The van der Waals surface area contributed by atoms with Crippen LogP contribution in [0.25, 0.3) is 10.6 Å². The zero-order chi connectivity index (χ0) is 17.2. The number of carbonyl (C=O) groups excluding carboxylic acids is 2. The second-order valence-electron chi connectivity index (χ2n) is 6.36. The van der Waals surface area contributed by atoms with Crippen LogP contribution in [0.5, 0.6) is 0 Å². The molecule has 0 aliphatic carbocycles. The van der Waals surface area contributed by atoms with Gasteiger partial charge in [0.15, 0.2) is 0 Å². The Morgan fingerprint density at radius 2 is 2.19 bits per heavy atom. The van der Waals surface area contributed by atoms with E-state index in [-0.39, 0.29) is 42.7 Å². The third-order valence-corrected chi connectivity index (χ3v) is 5.63. The Balaban J connectivity index is 0.00000131. The summed E-state index contributed by atoms with van der Waals surface area (Å²) in [4.78, 5) is 33.2. The molecule has 7 nitrogen and oxygen atoms in total. The smallest absolute Gasteiger partial charge is 0.273 e. The molecule has 0 saturated carbocycles. The first-order valence-electron chi connectivity index (χ1n) is 8.50. The molecule has 0 bridgehead atoms. The Morgan fingerprint density at radius 1 is 1.33 bits per heavy atom. The minimum Gasteiger partial charge on any atom is -0.472 e. The van der Waals surface area contributed by atoms with Gasteiger partial charge < -0.3 is 19.5 Å². The highest BCUT2D eigenvalue weighted by atomic mass is 35.5. The molecule has 1 unspecified atom stereocenters. The number of amides is 2. The standard InChI is InChI=1S/C17H20N4O3S.2ClH/c22-15-8-18-4-6-21(15)13-2-1-5-20(9-13)17(23)14-11-25-16(19-14)12-3-7-24-10-12;;/h3,7,10-11,13,18H,1-2,4-6,8-9H2;2*1H. The van der Waals surface area contributed by atoms with Gasteiger partial charge in [0.25, 0.3) is 5.91 Å². The van der Waals surface area contributed by atoms with Crippen LogP contribution in [-0.2, 0) is 4.79 Å². The van der Waals surface area contributed by atoms with Crippen molar-refractivity contribution in [2.45, 2.75) is 18.9 Å². The highest BCUT2D eigenvalue weighted by Gasteiger charge is 2.32. The fraction of sp³-hybridized carbons (Fsp3) is 0.471. The predicted octanol–water partition coefficient (Wildman–Crippen LogP) is 2.28. The third kappa shape index (κ3) is 4.63. The van der Waals surface area contributed by atoms with E-state index in [0.29, 0.717) is 31.9 Å². The quantitative estimate of drug-likeness (QED) is 0.804. The van der Waals surface area contributed by atoms with Gasteiger partial charge in [-0.2, -0.15) is 0 Å². The maximum absolute atomic E-state index is 12.8. The van der Waals surface area contributed by atoms with Crippen LogP contribution in [0, 0.1) is 0 Å². The summed E-state index contributed by atoms with van der Waals surface area (Å²) in [7, 11) is 0. The molecule has 2 aromatic rings. The monoisotopic (exact) mass is 432 g/mol. The first-order valence-corrected chi connectivity index (χ1v) is 9.38. The summed E-state index contributed by atoms with van der Waals surface area (Å²) < 4.78 is 5.08. The number of thiazole rings is 1. The van der Waals surface area contributed by atoms with Crippen molar-refractivity contribution in [1.29, 1.82) is 0 Å². The molecule has 27 heavy (non-hydrogen) atoms. The van der Waals surface area contributed by atoms with Crippen molar-refractivity contribution < 1.29 is 14.0 Å². The summed E-state index contributed by atoms with van der Waals surface area (Å²) in [6, 6.07) is 1.94. The molecule has 2 saturated heterocycles. The number of halogens is 2. The van der Waals surface area contributed by atoms with E-state index in [9.17, 15) is 9.59 Å². The zero-order valence-corrected chi connectivity index (χ0v) is 17.1. The van der Waals surface area contributed by atoms with Crippen LogP contribution in [0.4, 0.5) is 0 Å². The van der Waals surface area contributed by atoms with Crippen molar-refractivity contribution in [1.82, 2.24) is 20.1 Å². The second-order valence-corrected chi connectivity index (χ2v) is 7.22. The fourth-order valence-corrected chi connectivity index (χ4v) is 4.23. The van der Waals surface area contributed by atoms with Crippen molar-refractivity contribution in [2.24, 2.45) is 0 Å². The number of likely N-dealkylation sites (tertiary alicyclic amines) is 1. The summed E-state index contributed by atoms with van der Waals surface area (Å²) in [5, 5.41) is 5.67. The molecule has 2 aromatic heterocycles. The number of piperidine rings is 1. The molecule has 2 amide bonds. The predicted molar refractivity (Wildman–Crippen MR) is 108 cm³/mol. The average Bonchev–Trinajstić information content (AvgIpc) is 3.33. The molecule has 0 radical (unpaired) electrons. The topological polar surface area (TPSA) is 78.7 Å². The summed E-state index contributed by atoms with van der Waals surface area (Å²) in [6.45, 7) is 3.23. The fourth-order valence-electron chi connectivity index (χ4n) is 3.45. The Labute approximate surface area is 173 Å². The van der Waals surface area contributed by atoms with Gasteiger partial charge >= 0.3 is 0 Å². The van der Waals surface area contributed by atoms with E-state index in [2.05, 4.69) is 10.3 Å². The molecule has 4 heterocycles. The molecule has 2 aliphatic rings. The van der Waals surface area contributed by atoms with Crippen molar-refractivity contribution in [3.05, 3.63) is 29.7 Å². The van der Waals surface area contributed by atoms with Crippen molar-refractivity contribution >= 4 is 48.0 Å². The molecule has 1 atom stereocenters. The van der Waals surface area contributed by atoms with Crippen LogP contribution < -0.4 is 5.32 Å². The lowest BCUT2D eigenvalue weighted by Gasteiger charge is -2.40. The number of hydrogen-bond donors (Lipinski definition) is 1. The maximum atomic E-state index is 12.8. The van der Waals surface area contributed by atoms with Crippen molar-refractivity contribution in [3.63, 3.8) is 0 Å². The van der Waals surface area contributed by atoms with Crippen LogP contribution in [0.3, 0.4) is 0 Å². The molecular formula is C17H22Cl2N4O3S. The average molecular weight is 433 g/mol. The van der Waals surface area contributed by atoms with Gasteiger partial charge in [-0.15, -0.1) is 36.2 Å². The highest BCUT2D eigenvalue weighted by molar-refractivity contribution is 7.13. The Kier molecular flexibility index (Phi) is 7.67. The largest absolute Gasteiger partial charge is 0.472 e. The molecule has 10 heteroatoms. The minimum absolute atomic E-state index is 0. The van der Waals surface area contributed by atoms with Gasteiger partial charge in [0.05, 0.1) is 12.8 Å². The molecule has 2 aliphatic heterocycles. The SMILES string of the molecule is Cl.Cl.O=C(c1csc(-c2ccoc2)n1)N1CCCC(N2CCNCC2=O)C1. The van der Waals surface area contributed by atoms with E-state index in [0.717, 1.165) is 30.0 Å². The van der Waals surface area contributed by atoms with Crippen LogP contribution in [0.1, 0.15) is 23.3 Å². The number of hydrogen-bond acceptors (Lipinski definition) is 6. The van der Waals surface area contributed by atoms with Gasteiger partial charge in [-0.25, -0.2) is 4.98 Å². The summed E-state index contributed by atoms with van der Waals surface area (Å²) in [5.41, 5.74) is 1.35. The first kappa shape index (κ1) is 21.7. The molecule has 1 N–H and O–H groups in total. The van der Waals surface area contributed by atoms with E-state index >= 15 is 0 Å². The highest BCUT2D eigenvalue weighted by Crippen LogP contribution is 2.25. The number of aromatic nitrogens is 1. The van der Waals surface area contributed by atoms with E-state index in [1.54, 1.807) is 17.9 Å². The lowest BCUT2D eigenvalue weighted by molar-refractivity contribution is -0.135. The summed E-state index contributed by atoms with van der Waals surface area (Å²) in [6.07, 6.45) is 5.08. The summed E-state index contributed by atoms with van der Waals surface area (Å²) >= 11 is 1.44. The lowest BCUT2D eigenvalue weighted by Crippen LogP contribution is -2.57. The number of piperazine rings is 1. The molecule has 2 fully saturated rings. The lowest BCUT2D eigenvalue weighted by atomic mass is 10.0. The second kappa shape index (κ2) is 9.54. The van der Waals surface area contributed by atoms with E-state index in [4.69, 9.17) is 4.42 Å². The van der Waals surface area contributed by atoms with Crippen LogP contribution in [0.2, 0.25) is 0 Å². The van der Waals surface area contributed by atoms with Crippen LogP contribution in [0.15, 0.2) is 28.4 Å². The van der Waals surface area contributed by atoms with Gasteiger partial charge in [0.2, 0.25) is 5.91 Å². The van der Waals surface area contributed by atoms with Gasteiger partial charge in [-0.05, 0) is 18.9 Å². The van der Waals surface area contributed by atoms with Gasteiger partial charge in [-0.1, -0.05) is 0 Å². The zero-order valence-electron chi connectivity index (χ0n) is 14.6. The van der Waals surface area contributed by atoms with Gasteiger partial charge in [-0.3, -0.25) is 9.59 Å². The summed E-state index contributed by atoms with van der Waals surface area (Å²) in [5.74, 6) is 0.0692. The van der Waals surface area contributed by atoms with Crippen molar-refractivity contribution in [3.8, 4) is 10.6 Å². The first-order chi connectivity index (χ1) is 12.2. The third-order valence-electron chi connectivity index (χ3n) is 4.74. The normalized spacial score (nSPS) is 20.0. The van der Waals surface area contributed by atoms with E-state index in [1.165, 1.54) is 11.3 Å². The molecular weight excluding hydrogens is 411 g/mol. The Bertz CT molecular complexity index is 768. The van der Waals surface area contributed by atoms with E-state index in [1.807, 2.05) is 15.9 Å². The van der Waals surface area contributed by atoms with Gasteiger partial charge in [0.1, 0.15) is 17.0 Å². The maximum Gasteiger partial charge on any atom is 0.273 e. The van der Waals surface area contributed by atoms with Gasteiger partial charge in [0, 0.05) is 43.2 Å². The number of rotatable bonds is 3. The molecule has 0 aromatic carbocycles. The van der Waals surface area contributed by atoms with Crippen LogP contribution in [-0.4, -0.2) is 65.4 Å². The number of carbonyl (C=O) groups is 2. The minimum atomic E-state index is -0.0571. The van der Waals surface area contributed by atoms with Crippen molar-refractivity contribution in [2.75, 3.05) is 32.7 Å². The molecule has 148 valence electrons.